The van der Waals surface area contributed by atoms with Crippen molar-refractivity contribution in [2.45, 2.75) is 52.2 Å². The van der Waals surface area contributed by atoms with Crippen LogP contribution >= 0.6 is 0 Å². The van der Waals surface area contributed by atoms with Gasteiger partial charge in [0.05, 0.1) is 13.7 Å². The third-order valence-corrected chi connectivity index (χ3v) is 7.04. The summed E-state index contributed by atoms with van der Waals surface area (Å²) in [5.74, 6) is 1.76. The zero-order valence-corrected chi connectivity index (χ0v) is 16.7. The fourth-order valence-corrected chi connectivity index (χ4v) is 5.51. The Labute approximate surface area is 162 Å². The topological polar surface area (TPSA) is 52.1 Å². The summed E-state index contributed by atoms with van der Waals surface area (Å²) in [5.41, 5.74) is 3.07. The zero-order valence-electron chi connectivity index (χ0n) is 16.7. The fourth-order valence-electron chi connectivity index (χ4n) is 5.51. The first-order chi connectivity index (χ1) is 13.0. The number of methoxy groups -OCH3 is 1. The number of allylic oxidation sites excluding steroid dienone is 1. The molecule has 1 aliphatic heterocycles. The second-order valence-electron chi connectivity index (χ2n) is 8.92. The molecule has 0 amide bonds. The summed E-state index contributed by atoms with van der Waals surface area (Å²) in [6.45, 7) is 6.39. The lowest BCUT2D eigenvalue weighted by atomic mass is 9.59. The van der Waals surface area contributed by atoms with E-state index in [2.05, 4.69) is 37.4 Å². The van der Waals surface area contributed by atoms with E-state index in [1.165, 1.54) is 24.8 Å². The van der Waals surface area contributed by atoms with Crippen molar-refractivity contribution in [2.75, 3.05) is 13.7 Å². The van der Waals surface area contributed by atoms with Gasteiger partial charge in [-0.25, -0.2) is 0 Å². The Morgan fingerprint density at radius 3 is 2.81 bits per heavy atom. The van der Waals surface area contributed by atoms with E-state index < -0.39 is 0 Å². The first kappa shape index (κ1) is 18.5. The molecule has 1 saturated heterocycles. The summed E-state index contributed by atoms with van der Waals surface area (Å²) in [6.07, 6.45) is 7.33. The van der Waals surface area contributed by atoms with Gasteiger partial charge in [0.25, 0.3) is 0 Å². The van der Waals surface area contributed by atoms with Crippen LogP contribution in [0.25, 0.3) is 0 Å². The summed E-state index contributed by atoms with van der Waals surface area (Å²) in [5, 5.41) is 2.24. The number of hydrogen-bond acceptors (Lipinski definition) is 3. The first-order valence-corrected chi connectivity index (χ1v) is 10.4. The van der Waals surface area contributed by atoms with Crippen molar-refractivity contribution < 1.29 is 19.6 Å². The maximum absolute atomic E-state index is 12.6. The molecule has 1 heterocycles. The third-order valence-electron chi connectivity index (χ3n) is 7.04. The van der Waals surface area contributed by atoms with Crippen LogP contribution in [0.2, 0.25) is 0 Å². The SMILES string of the molecule is COc1ccc(C[NH2+]C[C@H]2C(=O)O[C@@H]3C[C@@]4(C)CCC[C@H](C)C4=C[C@@H]32)cc1. The largest absolute Gasteiger partial charge is 0.497 e. The number of carbonyl (C=O) groups is 1. The van der Waals surface area contributed by atoms with Gasteiger partial charge in [-0.15, -0.1) is 0 Å². The minimum atomic E-state index is -0.0144. The van der Waals surface area contributed by atoms with Crippen molar-refractivity contribution in [1.82, 2.24) is 0 Å². The Morgan fingerprint density at radius 2 is 2.07 bits per heavy atom. The van der Waals surface area contributed by atoms with Gasteiger partial charge in [-0.2, -0.15) is 0 Å². The maximum atomic E-state index is 12.6. The van der Waals surface area contributed by atoms with Gasteiger partial charge in [0.1, 0.15) is 24.3 Å². The van der Waals surface area contributed by atoms with E-state index in [1.807, 2.05) is 12.1 Å². The number of ether oxygens (including phenoxy) is 2. The van der Waals surface area contributed by atoms with Crippen LogP contribution in [0.5, 0.6) is 5.75 Å². The lowest BCUT2D eigenvalue weighted by Crippen LogP contribution is -2.84. The number of fused-ring (bicyclic) bond motifs is 2. The molecule has 146 valence electrons. The van der Waals surface area contributed by atoms with E-state index in [0.717, 1.165) is 25.3 Å². The molecule has 2 aliphatic carbocycles. The van der Waals surface area contributed by atoms with Crippen LogP contribution in [0.4, 0.5) is 0 Å². The quantitative estimate of drug-likeness (QED) is 0.640. The highest BCUT2D eigenvalue weighted by atomic mass is 16.6. The number of esters is 1. The van der Waals surface area contributed by atoms with Crippen LogP contribution in [0.1, 0.15) is 45.1 Å². The van der Waals surface area contributed by atoms with Gasteiger partial charge in [0.15, 0.2) is 0 Å². The van der Waals surface area contributed by atoms with Crippen LogP contribution in [0, 0.1) is 23.2 Å². The van der Waals surface area contributed by atoms with Gasteiger partial charge >= 0.3 is 5.97 Å². The number of carbonyl (C=O) groups excluding carboxylic acids is 1. The first-order valence-electron chi connectivity index (χ1n) is 10.4. The summed E-state index contributed by atoms with van der Waals surface area (Å²) in [6, 6.07) is 8.14. The Bertz CT molecular complexity index is 726. The van der Waals surface area contributed by atoms with Gasteiger partial charge in [0.2, 0.25) is 0 Å². The lowest BCUT2D eigenvalue weighted by Gasteiger charge is -2.45. The zero-order chi connectivity index (χ0) is 19.0. The Morgan fingerprint density at radius 1 is 1.30 bits per heavy atom. The molecule has 2 fully saturated rings. The van der Waals surface area contributed by atoms with E-state index in [-0.39, 0.29) is 29.3 Å². The fraction of sp³-hybridized carbons (Fsp3) is 0.609. The monoisotopic (exact) mass is 370 g/mol. The smallest absolute Gasteiger partial charge is 0.315 e. The molecule has 0 bridgehead atoms. The molecule has 4 nitrogen and oxygen atoms in total. The predicted octanol–water partition coefficient (Wildman–Crippen LogP) is 3.07. The van der Waals surface area contributed by atoms with E-state index in [1.54, 1.807) is 12.7 Å². The molecule has 27 heavy (non-hydrogen) atoms. The van der Waals surface area contributed by atoms with Crippen molar-refractivity contribution >= 4 is 5.97 Å². The van der Waals surface area contributed by atoms with Gasteiger partial charge in [0, 0.05) is 11.5 Å². The number of rotatable bonds is 5. The Kier molecular flexibility index (Phi) is 5.02. The molecule has 1 saturated carbocycles. The minimum Gasteiger partial charge on any atom is -0.497 e. The predicted molar refractivity (Wildman–Crippen MR) is 104 cm³/mol. The summed E-state index contributed by atoms with van der Waals surface area (Å²) in [7, 11) is 1.68. The van der Waals surface area contributed by atoms with Crippen molar-refractivity contribution in [3.63, 3.8) is 0 Å². The highest BCUT2D eigenvalue weighted by Gasteiger charge is 2.52. The molecular weight excluding hydrogens is 338 g/mol. The standard InChI is InChI=1S/C23H31NO3/c1-15-5-4-10-23(2)12-21-18(11-20(15)23)19(22(25)27-21)14-24-13-16-6-8-17(26-3)9-7-16/h6-9,11,15,18-19,21,24H,4-5,10,12-14H2,1-3H3/p+1/t15-,18+,19+,21+,23+/m0/s1. The molecule has 5 atom stereocenters. The van der Waals surface area contributed by atoms with Crippen LogP contribution in [0.15, 0.2) is 35.9 Å². The van der Waals surface area contributed by atoms with Crippen LogP contribution in [0.3, 0.4) is 0 Å². The second kappa shape index (κ2) is 7.31. The van der Waals surface area contributed by atoms with Crippen LogP contribution in [-0.2, 0) is 16.1 Å². The molecule has 1 aromatic rings. The number of hydrogen-bond donors (Lipinski definition) is 1. The molecule has 0 radical (unpaired) electrons. The van der Waals surface area contributed by atoms with Crippen molar-refractivity contribution in [3.05, 3.63) is 41.5 Å². The number of benzene rings is 1. The van der Waals surface area contributed by atoms with Crippen molar-refractivity contribution in [2.24, 2.45) is 23.2 Å². The number of quaternary nitrogens is 1. The molecule has 4 rings (SSSR count). The maximum Gasteiger partial charge on any atom is 0.315 e. The molecule has 4 heteroatoms. The van der Waals surface area contributed by atoms with Crippen LogP contribution < -0.4 is 10.1 Å². The van der Waals surface area contributed by atoms with Gasteiger partial charge < -0.3 is 14.8 Å². The van der Waals surface area contributed by atoms with Crippen molar-refractivity contribution in [3.8, 4) is 5.75 Å². The van der Waals surface area contributed by atoms with Gasteiger partial charge in [-0.05, 0) is 54.9 Å². The summed E-state index contributed by atoms with van der Waals surface area (Å²) in [4.78, 5) is 12.6. The summed E-state index contributed by atoms with van der Waals surface area (Å²) >= 11 is 0. The van der Waals surface area contributed by atoms with Crippen LogP contribution in [-0.4, -0.2) is 25.7 Å². The molecule has 2 N–H and O–H groups in total. The van der Waals surface area contributed by atoms with E-state index in [4.69, 9.17) is 9.47 Å². The minimum absolute atomic E-state index is 0.00253. The molecule has 0 spiro atoms. The lowest BCUT2D eigenvalue weighted by molar-refractivity contribution is -0.674. The molecule has 3 aliphatic rings. The Balaban J connectivity index is 1.43. The molecule has 1 aromatic carbocycles. The number of nitrogens with two attached hydrogens (primary N) is 1. The average molecular weight is 371 g/mol. The van der Waals surface area contributed by atoms with E-state index in [9.17, 15) is 4.79 Å². The second-order valence-corrected chi connectivity index (χ2v) is 8.92. The molecular formula is C23H32NO3+. The molecule has 0 unspecified atom stereocenters. The van der Waals surface area contributed by atoms with E-state index in [0.29, 0.717) is 5.92 Å². The average Bonchev–Trinajstić information content (AvgIpc) is 2.95. The van der Waals surface area contributed by atoms with Crippen molar-refractivity contribution in [1.29, 1.82) is 0 Å². The molecule has 0 aromatic heterocycles. The normalized spacial score (nSPS) is 35.1. The highest BCUT2D eigenvalue weighted by Crippen LogP contribution is 2.53. The van der Waals surface area contributed by atoms with Gasteiger partial charge in [-0.1, -0.05) is 31.9 Å². The highest BCUT2D eigenvalue weighted by molar-refractivity contribution is 5.76. The third kappa shape index (κ3) is 3.52. The van der Waals surface area contributed by atoms with Gasteiger partial charge in [-0.3, -0.25) is 4.79 Å². The summed E-state index contributed by atoms with van der Waals surface area (Å²) < 4.78 is 11.1. The Hall–Kier alpha value is -1.81. The van der Waals surface area contributed by atoms with E-state index >= 15 is 0 Å².